The highest BCUT2D eigenvalue weighted by Gasteiger charge is 2.60. The molecule has 0 fully saturated rings. The number of hydrogen-bond donors (Lipinski definition) is 1. The minimum atomic E-state index is -1.80. The lowest BCUT2D eigenvalue weighted by molar-refractivity contribution is -0.118. The molecule has 1 aliphatic carbocycles. The number of rotatable bonds is 7. The fourth-order valence-electron chi connectivity index (χ4n) is 4.27. The Morgan fingerprint density at radius 2 is 2.06 bits per heavy atom. The number of furan rings is 1. The van der Waals surface area contributed by atoms with Crippen molar-refractivity contribution in [1.82, 2.24) is 0 Å². The van der Waals surface area contributed by atoms with Gasteiger partial charge in [0.25, 0.3) is 0 Å². The Balaban J connectivity index is 1.67. The Hall–Kier alpha value is -3.26. The number of carbonyl (C=O) groups excluding carboxylic acids is 2. The van der Waals surface area contributed by atoms with Crippen LogP contribution in [-0.4, -0.2) is 49.3 Å². The summed E-state index contributed by atoms with van der Waals surface area (Å²) in [4.78, 5) is 30.6. The summed E-state index contributed by atoms with van der Waals surface area (Å²) in [6.07, 6.45) is 4.31. The molecule has 174 valence electrons. The van der Waals surface area contributed by atoms with E-state index in [-0.39, 0.29) is 45.6 Å². The SMILES string of the molecule is COc1cc(OC)c2c(c1Cl)OC1(C2=O)C(O)=C(C=NCCCc2ccco2)C(=O)CC1C. The minimum absolute atomic E-state index is 0.00535. The summed E-state index contributed by atoms with van der Waals surface area (Å²) in [5.74, 6) is -0.592. The third kappa shape index (κ3) is 3.68. The number of benzene rings is 1. The summed E-state index contributed by atoms with van der Waals surface area (Å²) in [5.41, 5.74) is -1.74. The lowest BCUT2D eigenvalue weighted by atomic mass is 9.73. The number of nitrogens with zero attached hydrogens (tertiary/aromatic N) is 1. The summed E-state index contributed by atoms with van der Waals surface area (Å²) in [7, 11) is 2.84. The molecule has 1 spiro atoms. The maximum atomic E-state index is 13.6. The molecule has 1 aromatic carbocycles. The number of carbonyl (C=O) groups is 2. The number of allylic oxidation sites excluding steroid dienone is 1. The largest absolute Gasteiger partial charge is 0.507 e. The van der Waals surface area contributed by atoms with E-state index in [1.807, 2.05) is 12.1 Å². The van der Waals surface area contributed by atoms with Crippen LogP contribution in [0.1, 0.15) is 35.9 Å². The average molecular weight is 474 g/mol. The second-order valence-electron chi connectivity index (χ2n) is 7.97. The van der Waals surface area contributed by atoms with Crippen LogP contribution in [0.25, 0.3) is 0 Å². The number of fused-ring (bicyclic) bond motifs is 1. The molecular weight excluding hydrogens is 450 g/mol. The normalized spacial score (nSPS) is 22.2. The predicted molar refractivity (Wildman–Crippen MR) is 121 cm³/mol. The molecule has 9 heteroatoms. The molecule has 2 heterocycles. The van der Waals surface area contributed by atoms with E-state index >= 15 is 0 Å². The van der Waals surface area contributed by atoms with Crippen molar-refractivity contribution in [3.05, 3.63) is 52.1 Å². The Bertz CT molecular complexity index is 1150. The monoisotopic (exact) mass is 473 g/mol. The first-order chi connectivity index (χ1) is 15.8. The van der Waals surface area contributed by atoms with Crippen molar-refractivity contribution in [1.29, 1.82) is 0 Å². The molecule has 4 rings (SSSR count). The molecule has 2 aromatic rings. The number of ketones is 2. The van der Waals surface area contributed by atoms with Crippen LogP contribution in [0, 0.1) is 5.92 Å². The fraction of sp³-hybridized carbons (Fsp3) is 0.375. The van der Waals surface area contributed by atoms with E-state index in [0.717, 1.165) is 5.76 Å². The van der Waals surface area contributed by atoms with E-state index in [1.54, 1.807) is 13.2 Å². The first-order valence-electron chi connectivity index (χ1n) is 10.5. The van der Waals surface area contributed by atoms with Crippen LogP contribution in [-0.2, 0) is 11.2 Å². The molecule has 0 saturated carbocycles. The van der Waals surface area contributed by atoms with Crippen LogP contribution in [0.3, 0.4) is 0 Å². The highest BCUT2D eigenvalue weighted by molar-refractivity contribution is 6.35. The van der Waals surface area contributed by atoms with E-state index in [0.29, 0.717) is 19.4 Å². The molecule has 1 aromatic heterocycles. The standard InChI is InChI=1S/C24H24ClNO7/c1-13-10-16(27)15(12-26-8-4-6-14-7-5-9-32-14)22(28)24(13)23(29)19-17(30-2)11-18(31-3)20(25)21(19)33-24/h5,7,9,11-13,28H,4,6,8,10H2,1-3H3. The molecule has 2 unspecified atom stereocenters. The van der Waals surface area contributed by atoms with Gasteiger partial charge in [-0.05, 0) is 18.6 Å². The van der Waals surface area contributed by atoms with Gasteiger partial charge in [0, 0.05) is 37.6 Å². The molecule has 1 aliphatic heterocycles. The number of aliphatic imine (C=N–C) groups is 1. The van der Waals surface area contributed by atoms with Gasteiger partial charge in [0.2, 0.25) is 11.4 Å². The number of ether oxygens (including phenoxy) is 3. The lowest BCUT2D eigenvalue weighted by Gasteiger charge is -2.36. The zero-order valence-corrected chi connectivity index (χ0v) is 19.3. The molecule has 0 saturated heterocycles. The molecule has 2 aliphatic rings. The number of aryl methyl sites for hydroxylation is 1. The van der Waals surface area contributed by atoms with Gasteiger partial charge in [-0.15, -0.1) is 0 Å². The van der Waals surface area contributed by atoms with Crippen molar-refractivity contribution in [2.24, 2.45) is 10.9 Å². The van der Waals surface area contributed by atoms with Crippen LogP contribution in [0.15, 0.2) is 45.2 Å². The maximum absolute atomic E-state index is 13.6. The van der Waals surface area contributed by atoms with Crippen LogP contribution in [0.5, 0.6) is 17.2 Å². The third-order valence-corrected chi connectivity index (χ3v) is 6.38. The second kappa shape index (κ2) is 8.94. The van der Waals surface area contributed by atoms with Gasteiger partial charge in [0.1, 0.15) is 27.8 Å². The summed E-state index contributed by atoms with van der Waals surface area (Å²) in [6, 6.07) is 5.18. The number of halogens is 1. The van der Waals surface area contributed by atoms with Crippen LogP contribution in [0.4, 0.5) is 0 Å². The predicted octanol–water partition coefficient (Wildman–Crippen LogP) is 4.39. The Labute approximate surface area is 195 Å². The van der Waals surface area contributed by atoms with Crippen molar-refractivity contribution < 1.29 is 33.3 Å². The number of aliphatic hydroxyl groups is 1. The van der Waals surface area contributed by atoms with E-state index in [2.05, 4.69) is 4.99 Å². The van der Waals surface area contributed by atoms with Gasteiger partial charge >= 0.3 is 0 Å². The number of methoxy groups -OCH3 is 2. The first kappa shape index (κ1) is 22.9. The summed E-state index contributed by atoms with van der Waals surface area (Å²) >= 11 is 6.42. The maximum Gasteiger partial charge on any atom is 0.231 e. The minimum Gasteiger partial charge on any atom is -0.507 e. The van der Waals surface area contributed by atoms with Crippen molar-refractivity contribution in [3.8, 4) is 17.2 Å². The Morgan fingerprint density at radius 3 is 2.73 bits per heavy atom. The summed E-state index contributed by atoms with van der Waals surface area (Å²) < 4.78 is 22.0. The molecule has 0 bridgehead atoms. The van der Waals surface area contributed by atoms with Gasteiger partial charge in [-0.1, -0.05) is 18.5 Å². The van der Waals surface area contributed by atoms with Crippen molar-refractivity contribution in [2.75, 3.05) is 20.8 Å². The highest BCUT2D eigenvalue weighted by Crippen LogP contribution is 2.54. The van der Waals surface area contributed by atoms with Crippen LogP contribution < -0.4 is 14.2 Å². The molecule has 0 radical (unpaired) electrons. The quantitative estimate of drug-likeness (QED) is 0.469. The van der Waals surface area contributed by atoms with E-state index in [4.69, 9.17) is 30.2 Å². The summed E-state index contributed by atoms with van der Waals surface area (Å²) in [6.45, 7) is 2.09. The van der Waals surface area contributed by atoms with E-state index in [9.17, 15) is 14.7 Å². The van der Waals surface area contributed by atoms with Gasteiger partial charge in [-0.25, -0.2) is 0 Å². The fourth-order valence-corrected chi connectivity index (χ4v) is 4.53. The molecule has 0 amide bonds. The van der Waals surface area contributed by atoms with Gasteiger partial charge in [0.05, 0.1) is 26.1 Å². The molecular formula is C24H24ClNO7. The first-order valence-corrected chi connectivity index (χ1v) is 10.9. The van der Waals surface area contributed by atoms with Crippen molar-refractivity contribution in [2.45, 2.75) is 31.8 Å². The molecule has 8 nitrogen and oxygen atoms in total. The van der Waals surface area contributed by atoms with Crippen LogP contribution in [0.2, 0.25) is 5.02 Å². The number of Topliss-reactive ketones (excluding diaryl/α,β-unsaturated/α-hetero) is 2. The Kier molecular flexibility index (Phi) is 6.21. The highest BCUT2D eigenvalue weighted by atomic mass is 35.5. The summed E-state index contributed by atoms with van der Waals surface area (Å²) in [5, 5.41) is 11.3. The average Bonchev–Trinajstić information content (AvgIpc) is 3.42. The van der Waals surface area contributed by atoms with E-state index < -0.39 is 23.1 Å². The third-order valence-electron chi connectivity index (χ3n) is 6.02. The van der Waals surface area contributed by atoms with Crippen LogP contribution >= 0.6 is 11.6 Å². The van der Waals surface area contributed by atoms with E-state index in [1.165, 1.54) is 26.5 Å². The smallest absolute Gasteiger partial charge is 0.231 e. The van der Waals surface area contributed by atoms with Crippen molar-refractivity contribution >= 4 is 29.4 Å². The molecule has 33 heavy (non-hydrogen) atoms. The lowest BCUT2D eigenvalue weighted by Crippen LogP contribution is -2.52. The second-order valence-corrected chi connectivity index (χ2v) is 8.35. The zero-order valence-electron chi connectivity index (χ0n) is 18.5. The Morgan fingerprint density at radius 1 is 1.30 bits per heavy atom. The van der Waals surface area contributed by atoms with Gasteiger partial charge < -0.3 is 23.7 Å². The molecule has 2 atom stereocenters. The number of hydrogen-bond acceptors (Lipinski definition) is 8. The zero-order chi connectivity index (χ0) is 23.8. The van der Waals surface area contributed by atoms with Gasteiger partial charge in [0.15, 0.2) is 17.3 Å². The van der Waals surface area contributed by atoms with Gasteiger partial charge in [-0.3, -0.25) is 14.6 Å². The topological polar surface area (TPSA) is 108 Å². The van der Waals surface area contributed by atoms with Gasteiger partial charge in [-0.2, -0.15) is 0 Å². The van der Waals surface area contributed by atoms with Crippen molar-refractivity contribution in [3.63, 3.8) is 0 Å². The molecule has 1 N–H and O–H groups in total. The number of aliphatic hydroxyl groups excluding tert-OH is 1.